The Morgan fingerprint density at radius 2 is 1.94 bits per heavy atom. The molecule has 4 heteroatoms. The van der Waals surface area contributed by atoms with Crippen molar-refractivity contribution in [2.24, 2.45) is 0 Å². The fourth-order valence-electron chi connectivity index (χ4n) is 2.29. The van der Waals surface area contributed by atoms with Gasteiger partial charge in [0.2, 0.25) is 5.89 Å². The minimum atomic E-state index is 0.524. The predicted octanol–water partition coefficient (Wildman–Crippen LogP) is 3.68. The molecule has 1 aromatic rings. The molecule has 0 saturated heterocycles. The first-order valence-corrected chi connectivity index (χ1v) is 6.82. The molecule has 0 aromatic carbocycles. The summed E-state index contributed by atoms with van der Waals surface area (Å²) in [4.78, 5) is 4.48. The van der Waals surface area contributed by atoms with E-state index in [1.807, 2.05) is 0 Å². The summed E-state index contributed by atoms with van der Waals surface area (Å²) in [6, 6.07) is 0. The minimum absolute atomic E-state index is 0.524. The van der Waals surface area contributed by atoms with Gasteiger partial charge in [-0.25, -0.2) is 0 Å². The van der Waals surface area contributed by atoms with Crippen molar-refractivity contribution in [1.82, 2.24) is 10.1 Å². The molecule has 1 fully saturated rings. The number of hydrogen-bond acceptors (Lipinski definition) is 3. The molecule has 0 radical (unpaired) electrons. The maximum Gasteiger partial charge on any atom is 0.226 e. The number of alkyl halides is 1. The highest BCUT2D eigenvalue weighted by Crippen LogP contribution is 2.29. The van der Waals surface area contributed by atoms with Crippen molar-refractivity contribution < 1.29 is 4.52 Å². The van der Waals surface area contributed by atoms with Crippen LogP contribution >= 0.6 is 11.6 Å². The third-order valence-corrected chi connectivity index (χ3v) is 3.50. The first-order valence-electron chi connectivity index (χ1n) is 6.28. The van der Waals surface area contributed by atoms with Gasteiger partial charge in [0.25, 0.3) is 0 Å². The van der Waals surface area contributed by atoms with E-state index in [9.17, 15) is 0 Å². The number of rotatable bonds is 4. The van der Waals surface area contributed by atoms with Crippen molar-refractivity contribution in [1.29, 1.82) is 0 Å². The SMILES string of the molecule is ClCCCc1nc(C2CCCCCC2)no1. The van der Waals surface area contributed by atoms with E-state index in [1.54, 1.807) is 0 Å². The molecule has 16 heavy (non-hydrogen) atoms. The van der Waals surface area contributed by atoms with Crippen LogP contribution in [0.4, 0.5) is 0 Å². The second-order valence-electron chi connectivity index (χ2n) is 4.53. The molecule has 1 heterocycles. The molecular weight excluding hydrogens is 224 g/mol. The van der Waals surface area contributed by atoms with Crippen LogP contribution < -0.4 is 0 Å². The monoisotopic (exact) mass is 242 g/mol. The molecule has 0 amide bonds. The van der Waals surface area contributed by atoms with E-state index in [1.165, 1.54) is 38.5 Å². The molecule has 1 aliphatic rings. The van der Waals surface area contributed by atoms with Crippen molar-refractivity contribution in [2.45, 2.75) is 57.3 Å². The first kappa shape index (κ1) is 11.9. The van der Waals surface area contributed by atoms with Crippen LogP contribution in [0.15, 0.2) is 4.52 Å². The second-order valence-corrected chi connectivity index (χ2v) is 4.91. The van der Waals surface area contributed by atoms with Gasteiger partial charge in [0.05, 0.1) is 0 Å². The first-order chi connectivity index (χ1) is 7.90. The van der Waals surface area contributed by atoms with Crippen LogP contribution in [0.5, 0.6) is 0 Å². The van der Waals surface area contributed by atoms with Crippen LogP contribution in [0.2, 0.25) is 0 Å². The van der Waals surface area contributed by atoms with Crippen molar-refractivity contribution in [3.63, 3.8) is 0 Å². The van der Waals surface area contributed by atoms with E-state index in [-0.39, 0.29) is 0 Å². The zero-order valence-electron chi connectivity index (χ0n) is 9.62. The molecule has 3 nitrogen and oxygen atoms in total. The fourth-order valence-corrected chi connectivity index (χ4v) is 2.42. The highest BCUT2D eigenvalue weighted by atomic mass is 35.5. The Kier molecular flexibility index (Phi) is 4.64. The molecule has 1 aliphatic carbocycles. The fraction of sp³-hybridized carbons (Fsp3) is 0.833. The summed E-state index contributed by atoms with van der Waals surface area (Å²) in [5.74, 6) is 2.85. The van der Waals surface area contributed by atoms with Crippen LogP contribution in [-0.2, 0) is 6.42 Å². The number of hydrogen-bond donors (Lipinski definition) is 0. The summed E-state index contributed by atoms with van der Waals surface area (Å²) in [6.45, 7) is 0. The molecule has 0 aliphatic heterocycles. The summed E-state index contributed by atoms with van der Waals surface area (Å²) in [5, 5.41) is 4.11. The highest BCUT2D eigenvalue weighted by Gasteiger charge is 2.19. The predicted molar refractivity (Wildman–Crippen MR) is 63.8 cm³/mol. The van der Waals surface area contributed by atoms with Gasteiger partial charge in [-0.05, 0) is 19.3 Å². The maximum atomic E-state index is 5.64. The van der Waals surface area contributed by atoms with Gasteiger partial charge >= 0.3 is 0 Å². The molecule has 0 bridgehead atoms. The molecule has 90 valence electrons. The average molecular weight is 243 g/mol. The maximum absolute atomic E-state index is 5.64. The third kappa shape index (κ3) is 3.21. The zero-order chi connectivity index (χ0) is 11.2. The minimum Gasteiger partial charge on any atom is -0.339 e. The van der Waals surface area contributed by atoms with Crippen molar-refractivity contribution >= 4 is 11.6 Å². The van der Waals surface area contributed by atoms with Gasteiger partial charge < -0.3 is 4.52 Å². The molecule has 0 unspecified atom stereocenters. The molecule has 0 N–H and O–H groups in total. The van der Waals surface area contributed by atoms with Crippen LogP contribution in [0.3, 0.4) is 0 Å². The van der Waals surface area contributed by atoms with Crippen LogP contribution in [-0.4, -0.2) is 16.0 Å². The topological polar surface area (TPSA) is 38.9 Å². The second kappa shape index (κ2) is 6.24. The lowest BCUT2D eigenvalue weighted by Crippen LogP contribution is -2.00. The number of halogens is 1. The van der Waals surface area contributed by atoms with Gasteiger partial charge in [0.1, 0.15) is 0 Å². The van der Waals surface area contributed by atoms with Crippen LogP contribution in [0.25, 0.3) is 0 Å². The molecule has 2 rings (SSSR count). The Labute approximate surface area is 102 Å². The quantitative estimate of drug-likeness (QED) is 0.597. The average Bonchev–Trinajstić information content (AvgIpc) is 2.60. The van der Waals surface area contributed by atoms with E-state index in [0.29, 0.717) is 11.8 Å². The Hall–Kier alpha value is -0.570. The number of aryl methyl sites for hydroxylation is 1. The van der Waals surface area contributed by atoms with Crippen molar-refractivity contribution in [2.75, 3.05) is 5.88 Å². The Morgan fingerprint density at radius 3 is 2.62 bits per heavy atom. The van der Waals surface area contributed by atoms with Gasteiger partial charge in [-0.1, -0.05) is 30.8 Å². The van der Waals surface area contributed by atoms with Crippen molar-refractivity contribution in [3.8, 4) is 0 Å². The Morgan fingerprint density at radius 1 is 1.19 bits per heavy atom. The van der Waals surface area contributed by atoms with E-state index in [4.69, 9.17) is 16.1 Å². The van der Waals surface area contributed by atoms with Crippen molar-refractivity contribution in [3.05, 3.63) is 11.7 Å². The van der Waals surface area contributed by atoms with Gasteiger partial charge in [-0.3, -0.25) is 0 Å². The highest BCUT2D eigenvalue weighted by molar-refractivity contribution is 6.17. The molecule has 1 aromatic heterocycles. The number of nitrogens with zero attached hydrogens (tertiary/aromatic N) is 2. The smallest absolute Gasteiger partial charge is 0.226 e. The Bertz CT molecular complexity index is 306. The van der Waals surface area contributed by atoms with Gasteiger partial charge in [-0.15, -0.1) is 11.6 Å². The van der Waals surface area contributed by atoms with Gasteiger partial charge in [-0.2, -0.15) is 4.98 Å². The normalized spacial score (nSPS) is 18.6. The Balaban J connectivity index is 1.94. The molecule has 0 spiro atoms. The van der Waals surface area contributed by atoms with E-state index in [0.717, 1.165) is 24.6 Å². The number of aromatic nitrogens is 2. The van der Waals surface area contributed by atoms with E-state index >= 15 is 0 Å². The van der Waals surface area contributed by atoms with Gasteiger partial charge in [0.15, 0.2) is 5.82 Å². The van der Waals surface area contributed by atoms with Gasteiger partial charge in [0, 0.05) is 18.2 Å². The van der Waals surface area contributed by atoms with Crippen LogP contribution in [0.1, 0.15) is 62.6 Å². The third-order valence-electron chi connectivity index (χ3n) is 3.23. The zero-order valence-corrected chi connectivity index (χ0v) is 10.4. The molecule has 0 atom stereocenters. The molecular formula is C12H19ClN2O. The lowest BCUT2D eigenvalue weighted by Gasteiger charge is -2.07. The van der Waals surface area contributed by atoms with E-state index in [2.05, 4.69) is 10.1 Å². The van der Waals surface area contributed by atoms with Crippen LogP contribution in [0, 0.1) is 0 Å². The summed E-state index contributed by atoms with van der Waals surface area (Å²) < 4.78 is 5.24. The lowest BCUT2D eigenvalue weighted by atomic mass is 10.00. The standard InChI is InChI=1S/C12H19ClN2O/c13-9-5-8-11-14-12(15-16-11)10-6-3-1-2-4-7-10/h10H,1-9H2. The molecule has 1 saturated carbocycles. The largest absolute Gasteiger partial charge is 0.339 e. The lowest BCUT2D eigenvalue weighted by molar-refractivity contribution is 0.366. The summed E-state index contributed by atoms with van der Waals surface area (Å²) in [5.41, 5.74) is 0. The summed E-state index contributed by atoms with van der Waals surface area (Å²) in [7, 11) is 0. The van der Waals surface area contributed by atoms with E-state index < -0.39 is 0 Å². The summed E-state index contributed by atoms with van der Waals surface area (Å²) >= 11 is 5.64. The summed E-state index contributed by atoms with van der Waals surface area (Å²) in [6.07, 6.45) is 9.47.